The van der Waals surface area contributed by atoms with Gasteiger partial charge in [0.1, 0.15) is 0 Å². The molecule has 0 fully saturated rings. The summed E-state index contributed by atoms with van der Waals surface area (Å²) in [7, 11) is 0. The van der Waals surface area contributed by atoms with Gasteiger partial charge in [-0.1, -0.05) is 6.92 Å². The largest absolute Gasteiger partial charge is 0.350 e. The summed E-state index contributed by atoms with van der Waals surface area (Å²) in [4.78, 5) is 24.4. The molecule has 0 saturated carbocycles. The topological polar surface area (TPSA) is 70.2 Å². The van der Waals surface area contributed by atoms with Crippen LogP contribution in [0.5, 0.6) is 0 Å². The average Bonchev–Trinajstić information content (AvgIpc) is 2.44. The minimum atomic E-state index is -0.123. The van der Waals surface area contributed by atoms with E-state index >= 15 is 0 Å². The minimum absolute atomic E-state index is 0.0270. The van der Waals surface area contributed by atoms with Crippen molar-refractivity contribution < 1.29 is 9.59 Å². The zero-order chi connectivity index (χ0) is 14.5. The lowest BCUT2D eigenvalue weighted by Crippen LogP contribution is -2.38. The highest BCUT2D eigenvalue weighted by atomic mass is 32.2. The van der Waals surface area contributed by atoms with Crippen molar-refractivity contribution in [2.24, 2.45) is 0 Å². The lowest BCUT2D eigenvalue weighted by molar-refractivity contribution is -0.113. The number of hydrogen-bond donors (Lipinski definition) is 3. The van der Waals surface area contributed by atoms with E-state index in [1.54, 1.807) is 12.1 Å². The molecule has 2 rings (SSSR count). The highest BCUT2D eigenvalue weighted by molar-refractivity contribution is 8.00. The van der Waals surface area contributed by atoms with Crippen LogP contribution in [-0.4, -0.2) is 36.7 Å². The SMILES string of the molecule is CCN[C@H](C)CNC(=O)c1ccc2c(c1)NC(=O)CS2. The average molecular weight is 293 g/mol. The first kappa shape index (κ1) is 14.9. The first-order valence-electron chi connectivity index (χ1n) is 6.68. The molecule has 5 nitrogen and oxygen atoms in total. The number of anilines is 1. The third-order valence-corrected chi connectivity index (χ3v) is 4.07. The number of carbonyl (C=O) groups excluding carboxylic acids is 2. The molecule has 6 heteroatoms. The van der Waals surface area contributed by atoms with Gasteiger partial charge < -0.3 is 16.0 Å². The summed E-state index contributed by atoms with van der Waals surface area (Å²) in [5.74, 6) is 0.279. The number of rotatable bonds is 5. The van der Waals surface area contributed by atoms with Crippen molar-refractivity contribution in [2.75, 3.05) is 24.2 Å². The summed E-state index contributed by atoms with van der Waals surface area (Å²) < 4.78 is 0. The van der Waals surface area contributed by atoms with Gasteiger partial charge in [0.2, 0.25) is 5.91 Å². The fraction of sp³-hybridized carbons (Fsp3) is 0.429. The van der Waals surface area contributed by atoms with Crippen molar-refractivity contribution in [1.29, 1.82) is 0 Å². The third kappa shape index (κ3) is 3.74. The molecule has 0 aliphatic carbocycles. The van der Waals surface area contributed by atoms with Crippen molar-refractivity contribution >= 4 is 29.3 Å². The number of amides is 2. The van der Waals surface area contributed by atoms with E-state index in [2.05, 4.69) is 16.0 Å². The molecule has 1 aromatic rings. The number of carbonyl (C=O) groups is 2. The predicted molar refractivity (Wildman–Crippen MR) is 81.3 cm³/mol. The molecule has 1 aliphatic rings. The predicted octanol–water partition coefficient (Wildman–Crippen LogP) is 1.46. The summed E-state index contributed by atoms with van der Waals surface area (Å²) in [6.07, 6.45) is 0. The summed E-state index contributed by atoms with van der Waals surface area (Å²) in [5, 5.41) is 8.90. The van der Waals surface area contributed by atoms with Gasteiger partial charge in [0, 0.05) is 23.0 Å². The van der Waals surface area contributed by atoms with Crippen LogP contribution in [0, 0.1) is 0 Å². The van der Waals surface area contributed by atoms with E-state index in [9.17, 15) is 9.59 Å². The molecule has 0 unspecified atom stereocenters. The second-order valence-corrected chi connectivity index (χ2v) is 5.73. The van der Waals surface area contributed by atoms with Crippen molar-refractivity contribution in [3.05, 3.63) is 23.8 Å². The van der Waals surface area contributed by atoms with Crippen molar-refractivity contribution in [1.82, 2.24) is 10.6 Å². The Morgan fingerprint density at radius 2 is 2.30 bits per heavy atom. The Kier molecular flexibility index (Phi) is 5.03. The number of hydrogen-bond acceptors (Lipinski definition) is 4. The fourth-order valence-electron chi connectivity index (χ4n) is 1.99. The van der Waals surface area contributed by atoms with Gasteiger partial charge in [-0.2, -0.15) is 0 Å². The molecule has 0 aromatic heterocycles. The Balaban J connectivity index is 2.00. The molecule has 0 bridgehead atoms. The molecule has 1 atom stereocenters. The Hall–Kier alpha value is -1.53. The fourth-order valence-corrected chi connectivity index (χ4v) is 2.78. The number of thioether (sulfide) groups is 1. The van der Waals surface area contributed by atoms with Gasteiger partial charge in [-0.25, -0.2) is 0 Å². The summed E-state index contributed by atoms with van der Waals surface area (Å²) in [6, 6.07) is 5.63. The highest BCUT2D eigenvalue weighted by Crippen LogP contribution is 2.31. The molecule has 3 N–H and O–H groups in total. The van der Waals surface area contributed by atoms with E-state index < -0.39 is 0 Å². The van der Waals surface area contributed by atoms with Crippen LogP contribution in [0.1, 0.15) is 24.2 Å². The van der Waals surface area contributed by atoms with E-state index in [4.69, 9.17) is 0 Å². The van der Waals surface area contributed by atoms with Crippen LogP contribution in [0.2, 0.25) is 0 Å². The van der Waals surface area contributed by atoms with Crippen molar-refractivity contribution in [2.45, 2.75) is 24.8 Å². The molecule has 1 aromatic carbocycles. The molecule has 108 valence electrons. The van der Waals surface area contributed by atoms with E-state index in [-0.39, 0.29) is 17.9 Å². The van der Waals surface area contributed by atoms with Gasteiger partial charge >= 0.3 is 0 Å². The second-order valence-electron chi connectivity index (χ2n) is 4.72. The molecule has 20 heavy (non-hydrogen) atoms. The Morgan fingerprint density at radius 3 is 3.05 bits per heavy atom. The van der Waals surface area contributed by atoms with E-state index in [0.29, 0.717) is 17.9 Å². The van der Waals surface area contributed by atoms with Gasteiger partial charge in [0.05, 0.1) is 11.4 Å². The number of benzene rings is 1. The molecule has 2 amide bonds. The van der Waals surface area contributed by atoms with Crippen LogP contribution >= 0.6 is 11.8 Å². The zero-order valence-corrected chi connectivity index (χ0v) is 12.5. The molecule has 1 heterocycles. The van der Waals surface area contributed by atoms with Crippen LogP contribution in [-0.2, 0) is 4.79 Å². The van der Waals surface area contributed by atoms with Crippen LogP contribution in [0.15, 0.2) is 23.1 Å². The summed E-state index contributed by atoms with van der Waals surface area (Å²) in [5.41, 5.74) is 1.29. The first-order valence-corrected chi connectivity index (χ1v) is 7.67. The quantitative estimate of drug-likeness (QED) is 0.768. The molecule has 0 spiro atoms. The maximum atomic E-state index is 12.1. The third-order valence-electron chi connectivity index (χ3n) is 3.00. The van der Waals surface area contributed by atoms with Crippen LogP contribution < -0.4 is 16.0 Å². The van der Waals surface area contributed by atoms with E-state index in [1.807, 2.05) is 19.9 Å². The minimum Gasteiger partial charge on any atom is -0.350 e. The Morgan fingerprint density at radius 1 is 1.50 bits per heavy atom. The lowest BCUT2D eigenvalue weighted by atomic mass is 10.1. The molecule has 0 saturated heterocycles. The molecular weight excluding hydrogens is 274 g/mol. The van der Waals surface area contributed by atoms with Gasteiger partial charge in [0.25, 0.3) is 5.91 Å². The number of likely N-dealkylation sites (N-methyl/N-ethyl adjacent to an activating group) is 1. The van der Waals surface area contributed by atoms with E-state index in [0.717, 1.165) is 17.1 Å². The van der Waals surface area contributed by atoms with Gasteiger partial charge in [-0.15, -0.1) is 11.8 Å². The van der Waals surface area contributed by atoms with Gasteiger partial charge in [-0.3, -0.25) is 9.59 Å². The van der Waals surface area contributed by atoms with Gasteiger partial charge in [0.15, 0.2) is 0 Å². The maximum Gasteiger partial charge on any atom is 0.251 e. The molecule has 0 radical (unpaired) electrons. The normalized spacial score (nSPS) is 15.2. The van der Waals surface area contributed by atoms with Crippen LogP contribution in [0.4, 0.5) is 5.69 Å². The summed E-state index contributed by atoms with van der Waals surface area (Å²) >= 11 is 1.49. The molecule has 1 aliphatic heterocycles. The van der Waals surface area contributed by atoms with Gasteiger partial charge in [-0.05, 0) is 31.7 Å². The molecular formula is C14H19N3O2S. The van der Waals surface area contributed by atoms with E-state index in [1.165, 1.54) is 11.8 Å². The maximum absolute atomic E-state index is 12.1. The van der Waals surface area contributed by atoms with Crippen LogP contribution in [0.25, 0.3) is 0 Å². The first-order chi connectivity index (χ1) is 9.60. The standard InChI is InChI=1S/C14H19N3O2S/c1-3-15-9(2)7-16-14(19)10-4-5-12-11(6-10)17-13(18)8-20-12/h4-6,9,15H,3,7-8H2,1-2H3,(H,16,19)(H,17,18)/t9-/m1/s1. The Bertz CT molecular complexity index is 519. The monoisotopic (exact) mass is 293 g/mol. The number of fused-ring (bicyclic) bond motifs is 1. The van der Waals surface area contributed by atoms with Crippen LogP contribution in [0.3, 0.4) is 0 Å². The summed E-state index contributed by atoms with van der Waals surface area (Å²) in [6.45, 7) is 5.50. The smallest absolute Gasteiger partial charge is 0.251 e. The lowest BCUT2D eigenvalue weighted by Gasteiger charge is -2.17. The second kappa shape index (κ2) is 6.76. The highest BCUT2D eigenvalue weighted by Gasteiger charge is 2.17. The zero-order valence-electron chi connectivity index (χ0n) is 11.7. The Labute approximate surface area is 122 Å². The van der Waals surface area contributed by atoms with Crippen molar-refractivity contribution in [3.8, 4) is 0 Å². The van der Waals surface area contributed by atoms with Crippen molar-refractivity contribution in [3.63, 3.8) is 0 Å². The number of nitrogens with one attached hydrogen (secondary N) is 3.